The Morgan fingerprint density at radius 2 is 2.20 bits per heavy atom. The number of aliphatic hydroxyl groups is 1. The van der Waals surface area contributed by atoms with Crippen molar-refractivity contribution in [3.05, 3.63) is 57.8 Å². The highest BCUT2D eigenvalue weighted by molar-refractivity contribution is 7.98. The summed E-state index contributed by atoms with van der Waals surface area (Å²) in [6.07, 6.45) is 0. The molecular weight excluding hydrogens is 290 g/mol. The zero-order valence-electron chi connectivity index (χ0n) is 10.8. The molecule has 0 bridgehead atoms. The molecular formula is C15H15NO2S2. The van der Waals surface area contributed by atoms with Crippen molar-refractivity contribution in [2.75, 3.05) is 12.3 Å². The molecule has 1 atom stereocenters. The molecule has 0 fully saturated rings. The second kappa shape index (κ2) is 5.60. The Morgan fingerprint density at radius 3 is 3.00 bits per heavy atom. The molecule has 2 aromatic rings. The van der Waals surface area contributed by atoms with Crippen molar-refractivity contribution in [1.82, 2.24) is 5.32 Å². The largest absolute Gasteiger partial charge is 0.382 e. The fraction of sp³-hybridized carbons (Fsp3) is 0.267. The summed E-state index contributed by atoms with van der Waals surface area (Å²) in [4.78, 5) is 12.0. The summed E-state index contributed by atoms with van der Waals surface area (Å²) in [7, 11) is 0. The van der Waals surface area contributed by atoms with Gasteiger partial charge in [-0.15, -0.1) is 0 Å². The summed E-state index contributed by atoms with van der Waals surface area (Å²) >= 11 is 3.18. The smallest absolute Gasteiger partial charge is 0.252 e. The van der Waals surface area contributed by atoms with Crippen molar-refractivity contribution in [3.8, 4) is 0 Å². The van der Waals surface area contributed by atoms with Crippen LogP contribution in [0.15, 0.2) is 41.1 Å². The Labute approximate surface area is 126 Å². The quantitative estimate of drug-likeness (QED) is 0.916. The molecule has 0 spiro atoms. The minimum Gasteiger partial charge on any atom is -0.382 e. The number of thioether (sulfide) groups is 1. The normalized spacial score (nSPS) is 21.2. The predicted octanol–water partition coefficient (Wildman–Crippen LogP) is 2.61. The molecule has 2 heterocycles. The molecule has 2 N–H and O–H groups in total. The number of amides is 1. The maximum atomic E-state index is 12.0. The van der Waals surface area contributed by atoms with E-state index < -0.39 is 5.60 Å². The minimum atomic E-state index is -0.981. The Hall–Kier alpha value is -1.30. The van der Waals surface area contributed by atoms with E-state index in [-0.39, 0.29) is 12.5 Å². The fourth-order valence-corrected chi connectivity index (χ4v) is 4.18. The van der Waals surface area contributed by atoms with Gasteiger partial charge >= 0.3 is 0 Å². The van der Waals surface area contributed by atoms with Gasteiger partial charge in [-0.3, -0.25) is 4.79 Å². The number of carbonyl (C=O) groups excluding carboxylic acids is 1. The molecule has 104 valence electrons. The number of carbonyl (C=O) groups is 1. The zero-order chi connectivity index (χ0) is 14.0. The van der Waals surface area contributed by atoms with Crippen LogP contribution in [0.1, 0.15) is 21.5 Å². The number of rotatable bonds is 3. The number of benzene rings is 1. The first-order valence-corrected chi connectivity index (χ1v) is 8.48. The van der Waals surface area contributed by atoms with Crippen molar-refractivity contribution in [2.45, 2.75) is 11.4 Å². The van der Waals surface area contributed by atoms with E-state index in [9.17, 15) is 9.90 Å². The second-order valence-corrected chi connectivity index (χ2v) is 6.64. The van der Waals surface area contributed by atoms with Crippen LogP contribution >= 0.6 is 23.1 Å². The second-order valence-electron chi connectivity index (χ2n) is 4.88. The number of hydrogen-bond acceptors (Lipinski definition) is 4. The van der Waals surface area contributed by atoms with Gasteiger partial charge in [0.25, 0.3) is 5.91 Å². The molecule has 3 nitrogen and oxygen atoms in total. The van der Waals surface area contributed by atoms with Gasteiger partial charge in [-0.2, -0.15) is 23.1 Å². The summed E-state index contributed by atoms with van der Waals surface area (Å²) in [5.41, 5.74) is 1.75. The molecule has 5 heteroatoms. The number of thiophene rings is 1. The van der Waals surface area contributed by atoms with Gasteiger partial charge in [-0.05, 0) is 22.6 Å². The minimum absolute atomic E-state index is 0.132. The van der Waals surface area contributed by atoms with Crippen LogP contribution in [0, 0.1) is 0 Å². The van der Waals surface area contributed by atoms with Crippen molar-refractivity contribution in [3.63, 3.8) is 0 Å². The Morgan fingerprint density at radius 1 is 1.35 bits per heavy atom. The van der Waals surface area contributed by atoms with Crippen molar-refractivity contribution < 1.29 is 9.90 Å². The third-order valence-corrected chi connectivity index (χ3v) is 5.32. The lowest BCUT2D eigenvalue weighted by Crippen LogP contribution is -2.44. The standard InChI is InChI=1S/C15H15NO2S2/c17-14(12-5-6-19-8-12)16-9-15(18)10-20-7-11-3-1-2-4-13(11)15/h1-6,8,18H,7,9-10H2,(H,16,17). The molecule has 1 aliphatic heterocycles. The van der Waals surface area contributed by atoms with E-state index in [1.807, 2.05) is 35.0 Å². The van der Waals surface area contributed by atoms with Crippen LogP contribution in [-0.2, 0) is 11.4 Å². The SMILES string of the molecule is O=C(NCC1(O)CSCc2ccccc21)c1ccsc1. The van der Waals surface area contributed by atoms with Gasteiger partial charge < -0.3 is 10.4 Å². The van der Waals surface area contributed by atoms with Crippen LogP contribution in [-0.4, -0.2) is 23.3 Å². The molecule has 0 saturated carbocycles. The third-order valence-electron chi connectivity index (χ3n) is 3.44. The van der Waals surface area contributed by atoms with Crippen LogP contribution in [0.4, 0.5) is 0 Å². The molecule has 1 unspecified atom stereocenters. The maximum absolute atomic E-state index is 12.0. The van der Waals surface area contributed by atoms with Crippen LogP contribution in [0.3, 0.4) is 0 Å². The highest BCUT2D eigenvalue weighted by atomic mass is 32.2. The highest BCUT2D eigenvalue weighted by Crippen LogP contribution is 2.35. The first-order chi connectivity index (χ1) is 9.69. The third kappa shape index (κ3) is 2.61. The summed E-state index contributed by atoms with van der Waals surface area (Å²) < 4.78 is 0. The van der Waals surface area contributed by atoms with Crippen LogP contribution in [0.5, 0.6) is 0 Å². The predicted molar refractivity (Wildman–Crippen MR) is 83.2 cm³/mol. The Bertz CT molecular complexity index is 612. The van der Waals surface area contributed by atoms with Crippen LogP contribution in [0.2, 0.25) is 0 Å². The van der Waals surface area contributed by atoms with Gasteiger partial charge in [0, 0.05) is 22.4 Å². The Balaban J connectivity index is 1.76. The summed E-state index contributed by atoms with van der Waals surface area (Å²) in [5, 5.41) is 17.4. The summed E-state index contributed by atoms with van der Waals surface area (Å²) in [6, 6.07) is 9.68. The molecule has 0 aliphatic carbocycles. The molecule has 1 aliphatic rings. The van der Waals surface area contributed by atoms with Crippen molar-refractivity contribution in [1.29, 1.82) is 0 Å². The van der Waals surface area contributed by atoms with Crippen molar-refractivity contribution in [2.24, 2.45) is 0 Å². The van der Waals surface area contributed by atoms with Gasteiger partial charge in [0.05, 0.1) is 6.54 Å². The average molecular weight is 305 g/mol. The van der Waals surface area contributed by atoms with E-state index >= 15 is 0 Å². The maximum Gasteiger partial charge on any atom is 0.252 e. The molecule has 1 aromatic heterocycles. The number of nitrogens with one attached hydrogen (secondary N) is 1. The molecule has 20 heavy (non-hydrogen) atoms. The topological polar surface area (TPSA) is 49.3 Å². The fourth-order valence-electron chi connectivity index (χ4n) is 2.38. The van der Waals surface area contributed by atoms with E-state index in [2.05, 4.69) is 5.32 Å². The summed E-state index contributed by atoms with van der Waals surface area (Å²) in [5.74, 6) is 1.39. The lowest BCUT2D eigenvalue weighted by atomic mass is 9.91. The molecule has 1 aromatic carbocycles. The van der Waals surface area contributed by atoms with Gasteiger partial charge in [-0.25, -0.2) is 0 Å². The first kappa shape index (κ1) is 13.7. The molecule has 0 saturated heterocycles. The first-order valence-electron chi connectivity index (χ1n) is 6.38. The lowest BCUT2D eigenvalue weighted by Gasteiger charge is -2.34. The summed E-state index contributed by atoms with van der Waals surface area (Å²) in [6.45, 7) is 0.242. The van der Waals surface area contributed by atoms with Crippen LogP contribution < -0.4 is 5.32 Å². The van der Waals surface area contributed by atoms with E-state index in [1.165, 1.54) is 11.3 Å². The molecule has 1 amide bonds. The van der Waals surface area contributed by atoms with E-state index in [4.69, 9.17) is 0 Å². The van der Waals surface area contributed by atoms with Gasteiger partial charge in [0.1, 0.15) is 5.60 Å². The van der Waals surface area contributed by atoms with Crippen LogP contribution in [0.25, 0.3) is 0 Å². The zero-order valence-corrected chi connectivity index (χ0v) is 12.5. The number of fused-ring (bicyclic) bond motifs is 1. The highest BCUT2D eigenvalue weighted by Gasteiger charge is 2.34. The molecule has 3 rings (SSSR count). The van der Waals surface area contributed by atoms with E-state index in [1.54, 1.807) is 17.8 Å². The van der Waals surface area contributed by atoms with Gasteiger partial charge in [0.15, 0.2) is 0 Å². The van der Waals surface area contributed by atoms with Gasteiger partial charge in [0.2, 0.25) is 0 Å². The molecule has 0 radical (unpaired) electrons. The monoisotopic (exact) mass is 305 g/mol. The number of hydrogen-bond donors (Lipinski definition) is 2. The van der Waals surface area contributed by atoms with Crippen molar-refractivity contribution >= 4 is 29.0 Å². The van der Waals surface area contributed by atoms with Gasteiger partial charge in [-0.1, -0.05) is 24.3 Å². The van der Waals surface area contributed by atoms with E-state index in [0.717, 1.165) is 16.9 Å². The Kier molecular flexibility index (Phi) is 3.83. The lowest BCUT2D eigenvalue weighted by molar-refractivity contribution is 0.0552. The van der Waals surface area contributed by atoms with E-state index in [0.29, 0.717) is 11.3 Å². The average Bonchev–Trinajstić information content (AvgIpc) is 3.00.